The third-order valence-electron chi connectivity index (χ3n) is 3.68. The standard InChI is InChI=1S/C19H16N2O3/c1-24-18-10-8-17(9-11-18)21(13-22)19(23)20-16-7-6-14-4-2-3-5-15(14)12-16/h2-13H,1H3,(H,20,23). The molecule has 0 aromatic heterocycles. The summed E-state index contributed by atoms with van der Waals surface area (Å²) in [6.07, 6.45) is 0.484. The molecule has 0 heterocycles. The van der Waals surface area contributed by atoms with Crippen LogP contribution in [0.15, 0.2) is 66.7 Å². The molecule has 1 N–H and O–H groups in total. The average Bonchev–Trinajstić information content (AvgIpc) is 2.63. The molecule has 0 saturated heterocycles. The first-order valence-electron chi connectivity index (χ1n) is 7.39. The summed E-state index contributed by atoms with van der Waals surface area (Å²) in [4.78, 5) is 24.7. The number of fused-ring (bicyclic) bond motifs is 1. The zero-order chi connectivity index (χ0) is 16.9. The van der Waals surface area contributed by atoms with Gasteiger partial charge in [-0.2, -0.15) is 0 Å². The summed E-state index contributed by atoms with van der Waals surface area (Å²) in [5, 5.41) is 4.83. The van der Waals surface area contributed by atoms with Crippen molar-refractivity contribution in [3.8, 4) is 5.75 Å². The lowest BCUT2D eigenvalue weighted by Crippen LogP contribution is -2.33. The Hall–Kier alpha value is -3.34. The third kappa shape index (κ3) is 3.20. The van der Waals surface area contributed by atoms with Crippen molar-refractivity contribution in [2.24, 2.45) is 0 Å². The minimum Gasteiger partial charge on any atom is -0.497 e. The van der Waals surface area contributed by atoms with Crippen molar-refractivity contribution in [3.05, 3.63) is 66.7 Å². The number of urea groups is 1. The molecule has 0 saturated carbocycles. The van der Waals surface area contributed by atoms with Gasteiger partial charge in [0.05, 0.1) is 12.8 Å². The van der Waals surface area contributed by atoms with E-state index in [1.165, 1.54) is 0 Å². The molecule has 0 bridgehead atoms. The number of carbonyl (C=O) groups excluding carboxylic acids is 2. The van der Waals surface area contributed by atoms with Crippen LogP contribution < -0.4 is 15.0 Å². The van der Waals surface area contributed by atoms with Crippen LogP contribution in [0.4, 0.5) is 16.2 Å². The molecule has 24 heavy (non-hydrogen) atoms. The molecule has 3 rings (SSSR count). The number of hydrogen-bond acceptors (Lipinski definition) is 3. The number of methoxy groups -OCH3 is 1. The molecule has 5 heteroatoms. The van der Waals surface area contributed by atoms with Gasteiger partial charge in [0.1, 0.15) is 5.75 Å². The number of imide groups is 1. The van der Waals surface area contributed by atoms with Crippen LogP contribution in [0.1, 0.15) is 0 Å². The third-order valence-corrected chi connectivity index (χ3v) is 3.68. The number of amides is 3. The van der Waals surface area contributed by atoms with Gasteiger partial charge < -0.3 is 10.1 Å². The molecule has 0 aliphatic carbocycles. The molecule has 0 aliphatic heterocycles. The van der Waals surface area contributed by atoms with E-state index in [0.717, 1.165) is 15.7 Å². The molecule has 0 aliphatic rings. The van der Waals surface area contributed by atoms with Gasteiger partial charge in [-0.15, -0.1) is 0 Å². The van der Waals surface area contributed by atoms with Crippen LogP contribution in [0, 0.1) is 0 Å². The van der Waals surface area contributed by atoms with E-state index in [9.17, 15) is 9.59 Å². The number of hydrogen-bond donors (Lipinski definition) is 1. The number of nitrogens with one attached hydrogen (secondary N) is 1. The molecule has 3 aromatic rings. The van der Waals surface area contributed by atoms with Crippen LogP contribution in [-0.4, -0.2) is 19.6 Å². The largest absolute Gasteiger partial charge is 0.497 e. The maximum Gasteiger partial charge on any atom is 0.332 e. The van der Waals surface area contributed by atoms with Gasteiger partial charge in [-0.25, -0.2) is 9.69 Å². The van der Waals surface area contributed by atoms with E-state index in [1.807, 2.05) is 36.4 Å². The Morgan fingerprint density at radius 1 is 1.00 bits per heavy atom. The van der Waals surface area contributed by atoms with E-state index in [4.69, 9.17) is 4.74 Å². The Morgan fingerprint density at radius 2 is 1.71 bits per heavy atom. The molecule has 0 radical (unpaired) electrons. The van der Waals surface area contributed by atoms with Crippen molar-refractivity contribution in [1.82, 2.24) is 0 Å². The fourth-order valence-electron chi connectivity index (χ4n) is 2.42. The van der Waals surface area contributed by atoms with Gasteiger partial charge in [-0.3, -0.25) is 4.79 Å². The lowest BCUT2D eigenvalue weighted by atomic mass is 10.1. The summed E-state index contributed by atoms with van der Waals surface area (Å²) < 4.78 is 5.07. The molecule has 3 amide bonds. The van der Waals surface area contributed by atoms with Crippen molar-refractivity contribution in [1.29, 1.82) is 0 Å². The Bertz CT molecular complexity index is 875. The van der Waals surface area contributed by atoms with Crippen LogP contribution >= 0.6 is 0 Å². The fourth-order valence-corrected chi connectivity index (χ4v) is 2.42. The van der Waals surface area contributed by atoms with E-state index in [2.05, 4.69) is 5.32 Å². The van der Waals surface area contributed by atoms with Crippen molar-refractivity contribution >= 4 is 34.6 Å². The highest BCUT2D eigenvalue weighted by Gasteiger charge is 2.15. The Kier molecular flexibility index (Phi) is 4.43. The number of benzene rings is 3. The van der Waals surface area contributed by atoms with Crippen molar-refractivity contribution in [2.45, 2.75) is 0 Å². The highest BCUT2D eigenvalue weighted by molar-refractivity contribution is 6.12. The fraction of sp³-hybridized carbons (Fsp3) is 0.0526. The first-order valence-corrected chi connectivity index (χ1v) is 7.39. The van der Waals surface area contributed by atoms with Crippen LogP contribution in [-0.2, 0) is 4.79 Å². The summed E-state index contributed by atoms with van der Waals surface area (Å²) in [5.41, 5.74) is 1.09. The molecule has 3 aromatic carbocycles. The van der Waals surface area contributed by atoms with Crippen LogP contribution in [0.25, 0.3) is 10.8 Å². The molecule has 5 nitrogen and oxygen atoms in total. The molecule has 0 spiro atoms. The number of anilines is 2. The smallest absolute Gasteiger partial charge is 0.332 e. The number of nitrogens with zero attached hydrogens (tertiary/aromatic N) is 1. The van der Waals surface area contributed by atoms with E-state index >= 15 is 0 Å². The molecular formula is C19H16N2O3. The van der Waals surface area contributed by atoms with E-state index in [0.29, 0.717) is 23.5 Å². The first-order chi connectivity index (χ1) is 11.7. The quantitative estimate of drug-likeness (QED) is 0.738. The van der Waals surface area contributed by atoms with Crippen LogP contribution in [0.2, 0.25) is 0 Å². The van der Waals surface area contributed by atoms with Crippen LogP contribution in [0.3, 0.4) is 0 Å². The molecule has 120 valence electrons. The molecule has 0 atom stereocenters. The Labute approximate surface area is 139 Å². The molecule has 0 fully saturated rings. The molecular weight excluding hydrogens is 304 g/mol. The number of carbonyl (C=O) groups is 2. The highest BCUT2D eigenvalue weighted by Crippen LogP contribution is 2.21. The number of rotatable bonds is 4. The number of ether oxygens (including phenoxy) is 1. The zero-order valence-electron chi connectivity index (χ0n) is 13.1. The first kappa shape index (κ1) is 15.6. The second kappa shape index (κ2) is 6.83. The summed E-state index contributed by atoms with van der Waals surface area (Å²) in [6.45, 7) is 0. The van der Waals surface area contributed by atoms with Gasteiger partial charge in [0.15, 0.2) is 0 Å². The second-order valence-electron chi connectivity index (χ2n) is 5.17. The van der Waals surface area contributed by atoms with Crippen molar-refractivity contribution < 1.29 is 14.3 Å². The van der Waals surface area contributed by atoms with Crippen molar-refractivity contribution in [2.75, 3.05) is 17.3 Å². The van der Waals surface area contributed by atoms with E-state index in [1.54, 1.807) is 37.4 Å². The predicted molar refractivity (Wildman–Crippen MR) is 94.5 cm³/mol. The lowest BCUT2D eigenvalue weighted by Gasteiger charge is -2.17. The Morgan fingerprint density at radius 3 is 2.38 bits per heavy atom. The normalized spacial score (nSPS) is 10.2. The monoisotopic (exact) mass is 320 g/mol. The van der Waals surface area contributed by atoms with Gasteiger partial charge in [0, 0.05) is 5.69 Å². The zero-order valence-corrected chi connectivity index (χ0v) is 13.1. The van der Waals surface area contributed by atoms with Crippen LogP contribution in [0.5, 0.6) is 5.75 Å². The SMILES string of the molecule is COc1ccc(N(C=O)C(=O)Nc2ccc3ccccc3c2)cc1. The topological polar surface area (TPSA) is 58.6 Å². The minimum atomic E-state index is -0.523. The lowest BCUT2D eigenvalue weighted by molar-refractivity contribution is -0.106. The van der Waals surface area contributed by atoms with Gasteiger partial charge in [0.25, 0.3) is 0 Å². The summed E-state index contributed by atoms with van der Waals surface area (Å²) in [7, 11) is 1.55. The van der Waals surface area contributed by atoms with Gasteiger partial charge >= 0.3 is 6.03 Å². The maximum atomic E-state index is 12.4. The van der Waals surface area contributed by atoms with E-state index < -0.39 is 6.03 Å². The van der Waals surface area contributed by atoms with Gasteiger partial charge in [-0.05, 0) is 47.2 Å². The summed E-state index contributed by atoms with van der Waals surface area (Å²) in [6, 6.07) is 19.6. The summed E-state index contributed by atoms with van der Waals surface area (Å²) in [5.74, 6) is 0.652. The maximum absolute atomic E-state index is 12.4. The Balaban J connectivity index is 1.81. The van der Waals surface area contributed by atoms with Gasteiger partial charge in [0.2, 0.25) is 6.41 Å². The second-order valence-corrected chi connectivity index (χ2v) is 5.17. The highest BCUT2D eigenvalue weighted by atomic mass is 16.5. The summed E-state index contributed by atoms with van der Waals surface area (Å²) >= 11 is 0. The average molecular weight is 320 g/mol. The van der Waals surface area contributed by atoms with E-state index in [-0.39, 0.29) is 0 Å². The predicted octanol–water partition coefficient (Wildman–Crippen LogP) is 4.04. The van der Waals surface area contributed by atoms with Gasteiger partial charge in [-0.1, -0.05) is 30.3 Å². The minimum absolute atomic E-state index is 0.462. The molecule has 0 unspecified atom stereocenters. The van der Waals surface area contributed by atoms with Crippen molar-refractivity contribution in [3.63, 3.8) is 0 Å².